The summed E-state index contributed by atoms with van der Waals surface area (Å²) in [7, 11) is 6.83. The van der Waals surface area contributed by atoms with Crippen molar-refractivity contribution < 1.29 is 57.6 Å². The van der Waals surface area contributed by atoms with E-state index in [4.69, 9.17) is 25.5 Å². The Morgan fingerprint density at radius 3 is 1.77 bits per heavy atom. The van der Waals surface area contributed by atoms with Crippen molar-refractivity contribution in [2.75, 3.05) is 41.4 Å². The van der Waals surface area contributed by atoms with Crippen molar-refractivity contribution in [3.63, 3.8) is 0 Å². The van der Waals surface area contributed by atoms with Gasteiger partial charge < -0.3 is 33.6 Å². The van der Waals surface area contributed by atoms with Crippen LogP contribution in [0.15, 0.2) is 16.7 Å². The lowest BCUT2D eigenvalue weighted by Gasteiger charge is -2.06. The zero-order valence-corrected chi connectivity index (χ0v) is 21.9. The van der Waals surface area contributed by atoms with E-state index in [0.717, 1.165) is 0 Å². The van der Waals surface area contributed by atoms with Crippen molar-refractivity contribution in [1.29, 1.82) is 0 Å². The number of furan rings is 1. The Hall–Kier alpha value is -2.55. The Balaban J connectivity index is -0.000000206. The van der Waals surface area contributed by atoms with Gasteiger partial charge in [0.2, 0.25) is 0 Å². The van der Waals surface area contributed by atoms with Crippen molar-refractivity contribution in [3.05, 3.63) is 23.7 Å². The lowest BCUT2D eigenvalue weighted by molar-refractivity contribution is -0.144. The van der Waals surface area contributed by atoms with E-state index >= 15 is 0 Å². The van der Waals surface area contributed by atoms with Crippen molar-refractivity contribution >= 4 is 52.9 Å². The van der Waals surface area contributed by atoms with Crippen LogP contribution < -0.4 is 5.25 Å². The van der Waals surface area contributed by atoms with Crippen molar-refractivity contribution in [3.8, 4) is 0 Å². The number of esters is 3. The fourth-order valence-corrected chi connectivity index (χ4v) is 2.02. The number of nitrogens with two attached hydrogens (primary N) is 1. The van der Waals surface area contributed by atoms with Crippen molar-refractivity contribution in [1.82, 2.24) is 0 Å². The number of hydrogen-bond acceptors (Lipinski definition) is 12. The highest BCUT2D eigenvalue weighted by Crippen LogP contribution is 2.12. The molecule has 1 rings (SSSR count). The van der Waals surface area contributed by atoms with E-state index < -0.39 is 23.7 Å². The minimum atomic E-state index is -0.601. The number of alkyl halides is 1. The number of hydrogen-bond donors (Lipinski definition) is 1. The van der Waals surface area contributed by atoms with Gasteiger partial charge in [-0.2, -0.15) is 0 Å². The molecule has 1 aromatic rings. The first-order valence-electron chi connectivity index (χ1n) is 9.22. The average Bonchev–Trinajstić information content (AvgIpc) is 3.29. The fraction of sp³-hybridized carbons (Fsp3) is 0.550. The lowest BCUT2D eigenvalue weighted by atomic mass is 10.2. The largest absolute Gasteiger partial charge is 0.469 e. The van der Waals surface area contributed by atoms with Gasteiger partial charge in [0.25, 0.3) is 0 Å². The molecule has 0 amide bonds. The molecule has 0 atom stereocenters. The van der Waals surface area contributed by atoms with Crippen LogP contribution in [0, 0.1) is 0 Å². The summed E-state index contributed by atoms with van der Waals surface area (Å²) in [6, 6.07) is 1.45. The number of ether oxygens (including phenoxy) is 5. The molecule has 0 aromatic carbocycles. The lowest BCUT2D eigenvalue weighted by Crippen LogP contribution is -2.13. The topological polar surface area (TPSA) is 202 Å². The second-order valence-electron chi connectivity index (χ2n) is 5.73. The molecule has 0 radical (unpaired) electrons. The number of carbonyl (C=O) groups is 5. The number of rotatable bonds is 10. The van der Waals surface area contributed by atoms with Gasteiger partial charge in [-0.05, 0) is 24.8 Å². The van der Waals surface area contributed by atoms with Crippen LogP contribution in [-0.2, 0) is 49.3 Å². The fourth-order valence-electron chi connectivity index (χ4n) is 1.77. The molecular formula is C20H33Cl2NO12. The molecule has 0 aliphatic rings. The summed E-state index contributed by atoms with van der Waals surface area (Å²) < 4.78 is 27.5. The first kappa shape index (κ1) is 39.7. The molecule has 1 heterocycles. The number of carbonyl (C=O) groups excluding carboxylic acids is 5. The Morgan fingerprint density at radius 2 is 1.43 bits per heavy atom. The van der Waals surface area contributed by atoms with Gasteiger partial charge in [0.1, 0.15) is 29.9 Å². The molecule has 0 aliphatic heterocycles. The zero-order chi connectivity index (χ0) is 27.1. The second-order valence-corrected chi connectivity index (χ2v) is 6.04. The van der Waals surface area contributed by atoms with Gasteiger partial charge in [-0.3, -0.25) is 19.2 Å². The Labute approximate surface area is 213 Å². The molecule has 1 aromatic heterocycles. The molecule has 0 unspecified atom stereocenters. The summed E-state index contributed by atoms with van der Waals surface area (Å²) in [6.45, 7) is 1.30. The van der Waals surface area contributed by atoms with Gasteiger partial charge in [-0.25, -0.2) is 10.0 Å². The maximum absolute atomic E-state index is 11.1. The third kappa shape index (κ3) is 21.7. The van der Waals surface area contributed by atoms with Crippen LogP contribution in [0.3, 0.4) is 0 Å². The standard InChI is InChI=1S/C9H10O5.C7H10O4.C4H9ClO2.ClH2N.H2O/c1-12-8(10)5-7-6(3-4-14-7)9(11)13-2;1-5(8)3-6(9)4-7(10)11-2;1-6-4(3-5)7-2;1-2;/h3-4H,5H2,1-2H3;3-4H2,1-2H3;4H,3H2,1-2H3;2H2;1H2. The molecule has 15 heteroatoms. The van der Waals surface area contributed by atoms with E-state index in [1.165, 1.54) is 40.6 Å². The normalized spacial score (nSPS) is 8.86. The molecule has 204 valence electrons. The van der Waals surface area contributed by atoms with Gasteiger partial charge in [0.15, 0.2) is 12.1 Å². The van der Waals surface area contributed by atoms with Gasteiger partial charge in [-0.1, -0.05) is 0 Å². The highest BCUT2D eigenvalue weighted by Gasteiger charge is 2.17. The predicted octanol–water partition coefficient (Wildman–Crippen LogP) is 0.998. The summed E-state index contributed by atoms with van der Waals surface area (Å²) in [5.41, 5.74) is 0.248. The molecule has 13 nitrogen and oxygen atoms in total. The Kier molecular flexibility index (Phi) is 29.5. The third-order valence-corrected chi connectivity index (χ3v) is 3.60. The molecule has 4 N–H and O–H groups in total. The average molecular weight is 550 g/mol. The first-order valence-corrected chi connectivity index (χ1v) is 10.2. The van der Waals surface area contributed by atoms with Gasteiger partial charge >= 0.3 is 17.9 Å². The number of Topliss-reactive ketones (excluding diaryl/α,β-unsaturated/α-hetero) is 2. The SMILES string of the molecule is COC(=O)CC(=O)CC(C)=O.COC(=O)Cc1occc1C(=O)OC.COC(CCl)OC.NCl.O. The summed E-state index contributed by atoms with van der Waals surface area (Å²) in [5.74, 6) is -1.60. The Morgan fingerprint density at radius 1 is 0.914 bits per heavy atom. The predicted molar refractivity (Wildman–Crippen MR) is 125 cm³/mol. The van der Waals surface area contributed by atoms with E-state index in [0.29, 0.717) is 5.88 Å². The molecule has 0 aliphatic carbocycles. The van der Waals surface area contributed by atoms with E-state index in [1.54, 1.807) is 14.2 Å². The van der Waals surface area contributed by atoms with Crippen molar-refractivity contribution in [2.24, 2.45) is 5.25 Å². The van der Waals surface area contributed by atoms with Crippen LogP contribution in [0.4, 0.5) is 0 Å². The molecule has 0 bridgehead atoms. The first-order chi connectivity index (χ1) is 16.1. The molecule has 0 saturated carbocycles. The highest BCUT2D eigenvalue weighted by atomic mass is 35.5. The smallest absolute Gasteiger partial charge is 0.341 e. The molecule has 0 fully saturated rings. The van der Waals surface area contributed by atoms with Gasteiger partial charge in [-0.15, -0.1) is 11.6 Å². The van der Waals surface area contributed by atoms with Crippen LogP contribution in [0.25, 0.3) is 0 Å². The van der Waals surface area contributed by atoms with Crippen LogP contribution in [0.5, 0.6) is 0 Å². The number of ketones is 2. The van der Waals surface area contributed by atoms with Crippen molar-refractivity contribution in [2.45, 2.75) is 32.5 Å². The number of methoxy groups -OCH3 is 5. The van der Waals surface area contributed by atoms with E-state index in [9.17, 15) is 24.0 Å². The van der Waals surface area contributed by atoms with Gasteiger partial charge in [0, 0.05) is 14.2 Å². The van der Waals surface area contributed by atoms with Gasteiger partial charge in [0.05, 0.1) is 39.9 Å². The van der Waals surface area contributed by atoms with E-state index in [2.05, 4.69) is 31.2 Å². The summed E-state index contributed by atoms with van der Waals surface area (Å²) in [5, 5.41) is 3.97. The molecule has 0 spiro atoms. The second kappa shape index (κ2) is 26.1. The summed E-state index contributed by atoms with van der Waals surface area (Å²) >= 11 is 9.46. The summed E-state index contributed by atoms with van der Waals surface area (Å²) in [6.07, 6.45) is 0.505. The maximum Gasteiger partial charge on any atom is 0.341 e. The van der Waals surface area contributed by atoms with Crippen LogP contribution >= 0.6 is 23.4 Å². The van der Waals surface area contributed by atoms with E-state index in [-0.39, 0.29) is 48.1 Å². The van der Waals surface area contributed by atoms with E-state index in [1.807, 2.05) is 0 Å². The minimum absolute atomic E-state index is 0. The highest BCUT2D eigenvalue weighted by molar-refractivity contribution is 6.18. The third-order valence-electron chi connectivity index (χ3n) is 3.35. The van der Waals surface area contributed by atoms with Crippen LogP contribution in [0.1, 0.15) is 35.9 Å². The molecule has 0 saturated heterocycles. The van der Waals surface area contributed by atoms with Crippen LogP contribution in [0.2, 0.25) is 0 Å². The summed E-state index contributed by atoms with van der Waals surface area (Å²) in [4.78, 5) is 53.5. The monoisotopic (exact) mass is 549 g/mol. The van der Waals surface area contributed by atoms with Crippen LogP contribution in [-0.4, -0.2) is 82.7 Å². The maximum atomic E-state index is 11.1. The number of halogens is 2. The molecule has 35 heavy (non-hydrogen) atoms. The zero-order valence-electron chi connectivity index (χ0n) is 20.4. The Bertz CT molecular complexity index is 730. The quantitative estimate of drug-likeness (QED) is 0.108. The molecular weight excluding hydrogens is 517 g/mol. The minimum Gasteiger partial charge on any atom is -0.469 e.